The van der Waals surface area contributed by atoms with Crippen LogP contribution in [0.4, 0.5) is 4.39 Å². The second-order valence-corrected chi connectivity index (χ2v) is 6.40. The molecule has 0 radical (unpaired) electrons. The molecule has 1 N–H and O–H groups in total. The molecule has 0 aliphatic rings. The number of thioether (sulfide) groups is 1. The average Bonchev–Trinajstić information content (AvgIpc) is 2.92. The number of nitrogens with one attached hydrogen (secondary N) is 1. The number of carbonyl (C=O) groups excluding carboxylic acids is 1. The van der Waals surface area contributed by atoms with Crippen LogP contribution < -0.4 is 5.32 Å². The van der Waals surface area contributed by atoms with Gasteiger partial charge in [0.2, 0.25) is 5.91 Å². The number of carbonyl (C=O) groups is 1. The lowest BCUT2D eigenvalue weighted by molar-refractivity contribution is -0.120. The van der Waals surface area contributed by atoms with Crippen LogP contribution in [0.3, 0.4) is 0 Å². The van der Waals surface area contributed by atoms with Gasteiger partial charge in [0, 0.05) is 16.6 Å². The van der Waals surface area contributed by atoms with Gasteiger partial charge in [0.25, 0.3) is 0 Å². The molecule has 0 unspecified atom stereocenters. The van der Waals surface area contributed by atoms with E-state index in [0.29, 0.717) is 5.82 Å². The summed E-state index contributed by atoms with van der Waals surface area (Å²) in [5.74, 6) is -0.138. The van der Waals surface area contributed by atoms with Crippen molar-refractivity contribution in [3.05, 3.63) is 40.4 Å². The molecule has 23 heavy (non-hydrogen) atoms. The number of benzene rings is 1. The molecule has 1 aromatic heterocycles. The Balaban J connectivity index is 2.04. The Morgan fingerprint density at radius 2 is 2.17 bits per heavy atom. The Labute approximate surface area is 143 Å². The van der Waals surface area contributed by atoms with Crippen LogP contribution in [0.15, 0.2) is 23.4 Å². The minimum Gasteiger partial charge on any atom is -0.349 e. The summed E-state index contributed by atoms with van der Waals surface area (Å²) in [6.45, 7) is 4.28. The van der Waals surface area contributed by atoms with Gasteiger partial charge in [-0.25, -0.2) is 4.39 Å². The molecule has 0 spiro atoms. The molecule has 0 atom stereocenters. The number of amides is 1. The number of rotatable bonds is 6. The topological polar surface area (TPSA) is 59.8 Å². The van der Waals surface area contributed by atoms with Gasteiger partial charge in [-0.3, -0.25) is 4.79 Å². The monoisotopic (exact) mass is 356 g/mol. The summed E-state index contributed by atoms with van der Waals surface area (Å²) in [5.41, 5.74) is 0.196. The van der Waals surface area contributed by atoms with Crippen LogP contribution in [0.5, 0.6) is 0 Å². The lowest BCUT2D eigenvalue weighted by Gasteiger charge is -2.13. The fourth-order valence-electron chi connectivity index (χ4n) is 2.19. The fourth-order valence-corrected chi connectivity index (χ4v) is 3.05. The molecule has 1 aromatic carbocycles. The van der Waals surface area contributed by atoms with E-state index < -0.39 is 5.82 Å². The predicted molar refractivity (Wildman–Crippen MR) is 89.1 cm³/mol. The minimum atomic E-state index is -0.484. The van der Waals surface area contributed by atoms with E-state index in [1.165, 1.54) is 23.9 Å². The predicted octanol–water partition coefficient (Wildman–Crippen LogP) is 3.23. The first-order valence-electron chi connectivity index (χ1n) is 7.11. The van der Waals surface area contributed by atoms with Crippen molar-refractivity contribution < 1.29 is 9.18 Å². The van der Waals surface area contributed by atoms with Gasteiger partial charge in [0.15, 0.2) is 11.0 Å². The average molecular weight is 357 g/mol. The molecule has 0 aliphatic carbocycles. The molecule has 8 heteroatoms. The Morgan fingerprint density at radius 1 is 1.43 bits per heavy atom. The third-order valence-electron chi connectivity index (χ3n) is 3.28. The SMILES string of the molecule is CSc1nnc(CNC(=O)Cc2c(F)cccc2Cl)n1C(C)C. The summed E-state index contributed by atoms with van der Waals surface area (Å²) < 4.78 is 15.7. The summed E-state index contributed by atoms with van der Waals surface area (Å²) in [6, 6.07) is 4.54. The first-order chi connectivity index (χ1) is 10.9. The maximum atomic E-state index is 13.7. The van der Waals surface area contributed by atoms with E-state index in [2.05, 4.69) is 15.5 Å². The molecule has 2 rings (SSSR count). The van der Waals surface area contributed by atoms with Crippen molar-refractivity contribution in [2.45, 2.75) is 38.0 Å². The van der Waals surface area contributed by atoms with Gasteiger partial charge in [0.1, 0.15) is 5.82 Å². The fraction of sp³-hybridized carbons (Fsp3) is 0.400. The van der Waals surface area contributed by atoms with Crippen molar-refractivity contribution in [2.75, 3.05) is 6.26 Å². The number of aromatic nitrogens is 3. The van der Waals surface area contributed by atoms with E-state index in [-0.39, 0.29) is 35.5 Å². The van der Waals surface area contributed by atoms with Gasteiger partial charge in [-0.15, -0.1) is 10.2 Å². The lowest BCUT2D eigenvalue weighted by atomic mass is 10.1. The molecule has 5 nitrogen and oxygen atoms in total. The summed E-state index contributed by atoms with van der Waals surface area (Å²) in [4.78, 5) is 12.0. The molecule has 124 valence electrons. The molecule has 2 aromatic rings. The van der Waals surface area contributed by atoms with Gasteiger partial charge >= 0.3 is 0 Å². The van der Waals surface area contributed by atoms with Gasteiger partial charge in [-0.2, -0.15) is 0 Å². The molecule has 1 heterocycles. The van der Waals surface area contributed by atoms with E-state index in [9.17, 15) is 9.18 Å². The van der Waals surface area contributed by atoms with Gasteiger partial charge in [-0.1, -0.05) is 29.4 Å². The molecule has 0 saturated carbocycles. The van der Waals surface area contributed by atoms with Crippen molar-refractivity contribution in [3.63, 3.8) is 0 Å². The number of nitrogens with zero attached hydrogens (tertiary/aromatic N) is 3. The maximum absolute atomic E-state index is 13.7. The van der Waals surface area contributed by atoms with E-state index in [1.54, 1.807) is 6.07 Å². The van der Waals surface area contributed by atoms with Crippen LogP contribution in [-0.2, 0) is 17.8 Å². The molecular weight excluding hydrogens is 339 g/mol. The zero-order chi connectivity index (χ0) is 17.0. The normalized spacial score (nSPS) is 11.0. The van der Waals surface area contributed by atoms with Gasteiger partial charge in [0.05, 0.1) is 13.0 Å². The summed E-state index contributed by atoms with van der Waals surface area (Å²) >= 11 is 7.43. The lowest BCUT2D eigenvalue weighted by Crippen LogP contribution is -2.27. The van der Waals surface area contributed by atoms with Crippen LogP contribution in [-0.4, -0.2) is 26.9 Å². The zero-order valence-electron chi connectivity index (χ0n) is 13.1. The van der Waals surface area contributed by atoms with E-state index >= 15 is 0 Å². The first-order valence-corrected chi connectivity index (χ1v) is 8.71. The maximum Gasteiger partial charge on any atom is 0.224 e. The Kier molecular flexibility index (Phi) is 6.01. The van der Waals surface area contributed by atoms with Crippen molar-refractivity contribution >= 4 is 29.3 Å². The van der Waals surface area contributed by atoms with E-state index in [4.69, 9.17) is 11.6 Å². The smallest absolute Gasteiger partial charge is 0.224 e. The van der Waals surface area contributed by atoms with Crippen LogP contribution in [0, 0.1) is 5.82 Å². The van der Waals surface area contributed by atoms with Crippen molar-refractivity contribution in [1.29, 1.82) is 0 Å². The number of halogens is 2. The number of hydrogen-bond acceptors (Lipinski definition) is 4. The third kappa shape index (κ3) is 4.23. The second kappa shape index (κ2) is 7.79. The van der Waals surface area contributed by atoms with Gasteiger partial charge in [-0.05, 0) is 32.2 Å². The summed E-state index contributed by atoms with van der Waals surface area (Å²) in [5, 5.41) is 12.0. The second-order valence-electron chi connectivity index (χ2n) is 5.22. The first kappa shape index (κ1) is 17.7. The minimum absolute atomic E-state index is 0.114. The quantitative estimate of drug-likeness (QED) is 0.807. The molecule has 1 amide bonds. The van der Waals surface area contributed by atoms with Crippen LogP contribution in [0.1, 0.15) is 31.3 Å². The van der Waals surface area contributed by atoms with E-state index in [0.717, 1.165) is 5.16 Å². The van der Waals surface area contributed by atoms with Crippen molar-refractivity contribution in [1.82, 2.24) is 20.1 Å². The zero-order valence-corrected chi connectivity index (χ0v) is 14.7. The van der Waals surface area contributed by atoms with Crippen LogP contribution in [0.2, 0.25) is 5.02 Å². The van der Waals surface area contributed by atoms with Crippen molar-refractivity contribution in [2.24, 2.45) is 0 Å². The third-order valence-corrected chi connectivity index (χ3v) is 4.27. The largest absolute Gasteiger partial charge is 0.349 e. The number of hydrogen-bond donors (Lipinski definition) is 1. The molecule has 0 saturated heterocycles. The highest BCUT2D eigenvalue weighted by Crippen LogP contribution is 2.20. The Hall–Kier alpha value is -1.60. The molecule has 0 bridgehead atoms. The van der Waals surface area contributed by atoms with Crippen LogP contribution >= 0.6 is 23.4 Å². The van der Waals surface area contributed by atoms with Gasteiger partial charge < -0.3 is 9.88 Å². The van der Waals surface area contributed by atoms with E-state index in [1.807, 2.05) is 24.7 Å². The molecule has 0 fully saturated rings. The highest BCUT2D eigenvalue weighted by molar-refractivity contribution is 7.98. The summed E-state index contributed by atoms with van der Waals surface area (Å²) in [6.07, 6.45) is 1.81. The summed E-state index contributed by atoms with van der Waals surface area (Å²) in [7, 11) is 0. The molecule has 0 aliphatic heterocycles. The highest BCUT2D eigenvalue weighted by Gasteiger charge is 2.16. The standard InChI is InChI=1S/C15H18ClFN4OS/c1-9(2)21-13(19-20-15(21)23-3)8-18-14(22)7-10-11(16)5-4-6-12(10)17/h4-6,9H,7-8H2,1-3H3,(H,18,22). The highest BCUT2D eigenvalue weighted by atomic mass is 35.5. The Bertz CT molecular complexity index is 685. The Morgan fingerprint density at radius 3 is 2.78 bits per heavy atom. The van der Waals surface area contributed by atoms with Crippen LogP contribution in [0.25, 0.3) is 0 Å². The molecular formula is C15H18ClFN4OS. The van der Waals surface area contributed by atoms with Crippen molar-refractivity contribution in [3.8, 4) is 0 Å².